The second kappa shape index (κ2) is 20.1. The van der Waals surface area contributed by atoms with Crippen LogP contribution in [0.2, 0.25) is 0 Å². The number of amides is 1. The Hall–Kier alpha value is -0.610. The van der Waals surface area contributed by atoms with Crippen molar-refractivity contribution in [1.82, 2.24) is 10.4 Å². The van der Waals surface area contributed by atoms with Gasteiger partial charge in [-0.15, -0.1) is 0 Å². The molecule has 4 nitrogen and oxygen atoms in total. The summed E-state index contributed by atoms with van der Waals surface area (Å²) >= 11 is 0. The highest BCUT2D eigenvalue weighted by atomic mass is 16.5. The van der Waals surface area contributed by atoms with Crippen molar-refractivity contribution in [3.63, 3.8) is 0 Å². The van der Waals surface area contributed by atoms with Crippen LogP contribution in [0.15, 0.2) is 0 Å². The number of nitrogens with zero attached hydrogens (tertiary/aromatic N) is 1. The number of nitrogens with one attached hydrogen (secondary N) is 1. The van der Waals surface area contributed by atoms with E-state index in [-0.39, 0.29) is 11.8 Å². The van der Waals surface area contributed by atoms with Crippen LogP contribution < -0.4 is 5.48 Å². The Morgan fingerprint density at radius 2 is 1.15 bits per heavy atom. The molecule has 0 aromatic carbocycles. The summed E-state index contributed by atoms with van der Waals surface area (Å²) in [7, 11) is 4.08. The summed E-state index contributed by atoms with van der Waals surface area (Å²) in [6.45, 7) is 3.25. The molecule has 0 fully saturated rings. The second-order valence-electron chi connectivity index (χ2n) is 8.49. The van der Waals surface area contributed by atoms with Gasteiger partial charge >= 0.3 is 0 Å². The zero-order chi connectivity index (χ0) is 20.2. The molecule has 0 rings (SSSR count). The van der Waals surface area contributed by atoms with Crippen LogP contribution in [0, 0.1) is 11.1 Å². The summed E-state index contributed by atoms with van der Waals surface area (Å²) in [5.74, 6) is -0.414. The maximum Gasteiger partial charge on any atom is 0.212 e. The van der Waals surface area contributed by atoms with Gasteiger partial charge in [0.25, 0.3) is 0 Å². The quantitative estimate of drug-likeness (QED) is 0.195. The number of unbranched alkanes of at least 4 members (excludes halogenated alkanes) is 13. The van der Waals surface area contributed by atoms with E-state index in [1.165, 1.54) is 83.5 Å². The van der Waals surface area contributed by atoms with Gasteiger partial charge in [0.1, 0.15) is 0 Å². The maximum absolute atomic E-state index is 11.7. The molecule has 0 spiro atoms. The number of carbonyl (C=O) groups is 1. The molecule has 0 radical (unpaired) electrons. The lowest BCUT2D eigenvalue weighted by Gasteiger charge is -2.19. The molecule has 0 saturated heterocycles. The molecule has 0 aromatic heterocycles. The average Bonchev–Trinajstić information content (AvgIpc) is 2.65. The van der Waals surface area contributed by atoms with E-state index < -0.39 is 0 Å². The summed E-state index contributed by atoms with van der Waals surface area (Å²) < 4.78 is 0. The normalized spacial score (nSPS) is 12.5. The summed E-state index contributed by atoms with van der Waals surface area (Å²) in [6.07, 6.45) is 21.4. The predicted molar refractivity (Wildman–Crippen MR) is 118 cm³/mol. The van der Waals surface area contributed by atoms with Gasteiger partial charge in [-0.1, -0.05) is 96.8 Å². The number of hydrogen-bond donors (Lipinski definition) is 1. The Labute approximate surface area is 169 Å². The molecule has 4 heteroatoms. The van der Waals surface area contributed by atoms with Crippen LogP contribution in [0.5, 0.6) is 0 Å². The first-order valence-corrected chi connectivity index (χ1v) is 11.7. The van der Waals surface area contributed by atoms with E-state index >= 15 is 0 Å². The van der Waals surface area contributed by atoms with Crippen LogP contribution >= 0.6 is 0 Å². The average molecular weight is 384 g/mol. The van der Waals surface area contributed by atoms with Crippen LogP contribution in [0.25, 0.3) is 0 Å². The lowest BCUT2D eigenvalue weighted by atomic mass is 9.95. The summed E-state index contributed by atoms with van der Waals surface area (Å²) in [5, 5.41) is 10.7. The fraction of sp³-hybridized carbons (Fsp3) is 0.957. The molecule has 0 aliphatic carbocycles. The van der Waals surface area contributed by atoms with Crippen molar-refractivity contribution >= 4 is 5.91 Å². The highest BCUT2D eigenvalue weighted by molar-refractivity contribution is 5.78. The van der Waals surface area contributed by atoms with Crippen LogP contribution in [0.1, 0.15) is 116 Å². The molecule has 0 aliphatic rings. The number of carbonyl (C=O) groups excluding carboxylic acids is 1. The highest BCUT2D eigenvalue weighted by Crippen LogP contribution is 2.18. The number of hydrogen-bond acceptors (Lipinski definition) is 3. The minimum Gasteiger partial charge on any atom is -0.759 e. The van der Waals surface area contributed by atoms with Gasteiger partial charge in [-0.2, -0.15) is 0 Å². The van der Waals surface area contributed by atoms with Gasteiger partial charge in [0.05, 0.1) is 0 Å². The van der Waals surface area contributed by atoms with Crippen LogP contribution in [0.3, 0.4) is 0 Å². The lowest BCUT2D eigenvalue weighted by Crippen LogP contribution is -2.27. The van der Waals surface area contributed by atoms with Crippen molar-refractivity contribution < 1.29 is 4.79 Å². The van der Waals surface area contributed by atoms with Crippen molar-refractivity contribution in [2.75, 3.05) is 20.6 Å². The maximum atomic E-state index is 11.7. The predicted octanol–water partition coefficient (Wildman–Crippen LogP) is 6.43. The van der Waals surface area contributed by atoms with Crippen molar-refractivity contribution in [3.8, 4) is 0 Å². The smallest absolute Gasteiger partial charge is 0.212 e. The van der Waals surface area contributed by atoms with Gasteiger partial charge in [0.2, 0.25) is 5.91 Å². The van der Waals surface area contributed by atoms with Crippen molar-refractivity contribution in [3.05, 3.63) is 5.21 Å². The molecule has 0 bridgehead atoms. The SMILES string of the molecule is CCCCCCCCCCCCCCCCC(CCCN(C)C)C(=O)N[O-]. The summed E-state index contributed by atoms with van der Waals surface area (Å²) in [5.41, 5.74) is 1.60. The Morgan fingerprint density at radius 1 is 0.741 bits per heavy atom. The van der Waals surface area contributed by atoms with Crippen LogP contribution in [0.4, 0.5) is 0 Å². The third-order valence-corrected chi connectivity index (χ3v) is 5.54. The molecular weight excluding hydrogens is 336 g/mol. The van der Waals surface area contributed by atoms with Gasteiger partial charge in [-0.05, 0) is 39.9 Å². The Balaban J connectivity index is 3.47. The topological polar surface area (TPSA) is 55.4 Å². The van der Waals surface area contributed by atoms with Crippen molar-refractivity contribution in [2.45, 2.75) is 116 Å². The van der Waals surface area contributed by atoms with E-state index in [0.29, 0.717) is 0 Å². The number of hydroxylamine groups is 1. The molecule has 1 atom stereocenters. The molecule has 0 saturated carbocycles. The first-order chi connectivity index (χ1) is 13.1. The second-order valence-corrected chi connectivity index (χ2v) is 8.49. The fourth-order valence-corrected chi connectivity index (χ4v) is 3.73. The minimum atomic E-state index is -0.316. The summed E-state index contributed by atoms with van der Waals surface area (Å²) in [4.78, 5) is 13.8. The van der Waals surface area contributed by atoms with E-state index in [4.69, 9.17) is 0 Å². The van der Waals surface area contributed by atoms with Gasteiger partial charge in [-0.25, -0.2) is 0 Å². The molecule has 162 valence electrons. The fourth-order valence-electron chi connectivity index (χ4n) is 3.73. The van der Waals surface area contributed by atoms with Gasteiger partial charge in [0.15, 0.2) is 0 Å². The van der Waals surface area contributed by atoms with Crippen LogP contribution in [-0.4, -0.2) is 31.4 Å². The van der Waals surface area contributed by atoms with E-state index in [9.17, 15) is 10.0 Å². The molecule has 0 heterocycles. The highest BCUT2D eigenvalue weighted by Gasteiger charge is 2.15. The molecule has 27 heavy (non-hydrogen) atoms. The van der Waals surface area contributed by atoms with E-state index in [0.717, 1.165) is 32.2 Å². The Bertz CT molecular complexity index is 322. The van der Waals surface area contributed by atoms with Gasteiger partial charge in [-0.3, -0.25) is 4.79 Å². The standard InChI is InChI=1S/C23H47N2O2/c1-4-5-6-7-8-9-10-11-12-13-14-15-16-17-19-22(23(26)24-27)20-18-21-25(2)3/h22H,4-21H2,1-3H3,(H-,24,26,27)/q-1. The van der Waals surface area contributed by atoms with Crippen molar-refractivity contribution in [1.29, 1.82) is 0 Å². The third-order valence-electron chi connectivity index (χ3n) is 5.54. The monoisotopic (exact) mass is 383 g/mol. The molecule has 0 aliphatic heterocycles. The largest absolute Gasteiger partial charge is 0.759 e. The minimum absolute atomic E-state index is 0.0974. The Morgan fingerprint density at radius 3 is 1.56 bits per heavy atom. The van der Waals surface area contributed by atoms with Crippen LogP contribution in [-0.2, 0) is 4.79 Å². The number of rotatable bonds is 20. The Kier molecular flexibility index (Phi) is 19.7. The molecular formula is C23H47N2O2-. The first-order valence-electron chi connectivity index (χ1n) is 11.7. The van der Waals surface area contributed by atoms with E-state index in [2.05, 4.69) is 11.8 Å². The van der Waals surface area contributed by atoms with Gasteiger partial charge < -0.3 is 15.6 Å². The molecule has 1 N–H and O–H groups in total. The third kappa shape index (κ3) is 18.5. The molecule has 0 aromatic rings. The zero-order valence-corrected chi connectivity index (χ0v) is 18.6. The van der Waals surface area contributed by atoms with E-state index in [1.54, 1.807) is 5.48 Å². The van der Waals surface area contributed by atoms with E-state index in [1.807, 2.05) is 14.1 Å². The first kappa shape index (κ1) is 26.4. The summed E-state index contributed by atoms with van der Waals surface area (Å²) in [6, 6.07) is 0. The van der Waals surface area contributed by atoms with Gasteiger partial charge in [0, 0.05) is 5.92 Å². The molecule has 1 amide bonds. The zero-order valence-electron chi connectivity index (χ0n) is 18.6. The molecule has 1 unspecified atom stereocenters. The lowest BCUT2D eigenvalue weighted by molar-refractivity contribution is -0.124. The van der Waals surface area contributed by atoms with Crippen molar-refractivity contribution in [2.24, 2.45) is 5.92 Å².